The summed E-state index contributed by atoms with van der Waals surface area (Å²) in [6.07, 6.45) is 2.89. The summed E-state index contributed by atoms with van der Waals surface area (Å²) in [6.45, 7) is 18.8. The Labute approximate surface area is 288 Å². The number of pyridine rings is 1. The summed E-state index contributed by atoms with van der Waals surface area (Å²) in [6, 6.07) is 5.23. The van der Waals surface area contributed by atoms with Gasteiger partial charge in [0.2, 0.25) is 11.7 Å². The van der Waals surface area contributed by atoms with Crippen molar-refractivity contribution in [1.29, 1.82) is 0 Å². The molecule has 2 atom stereocenters. The van der Waals surface area contributed by atoms with Crippen LogP contribution >= 0.6 is 11.6 Å². The van der Waals surface area contributed by atoms with Crippen molar-refractivity contribution in [2.45, 2.75) is 72.4 Å². The summed E-state index contributed by atoms with van der Waals surface area (Å²) in [5.74, 6) is -0.571. The molecule has 0 spiro atoms. The van der Waals surface area contributed by atoms with Gasteiger partial charge in [0.05, 0.1) is 39.8 Å². The van der Waals surface area contributed by atoms with Gasteiger partial charge in [0.25, 0.3) is 5.56 Å². The number of carbonyl (C=O) groups is 1. The Hall–Kier alpha value is -4.90. The van der Waals surface area contributed by atoms with Crippen LogP contribution in [0.4, 0.5) is 5.69 Å². The van der Waals surface area contributed by atoms with E-state index in [0.29, 0.717) is 62.8 Å². The number of aromatic amines is 1. The fraction of sp³-hybridized carbons (Fsp3) is 0.378. The van der Waals surface area contributed by atoms with Crippen LogP contribution in [0.5, 0.6) is 5.75 Å². The number of fused-ring (bicyclic) bond motifs is 6. The number of H-pyrrole nitrogens is 1. The maximum Gasteiger partial charge on any atom is 0.417 e. The van der Waals surface area contributed by atoms with Crippen molar-refractivity contribution < 1.29 is 13.9 Å². The van der Waals surface area contributed by atoms with Crippen LogP contribution in [-0.4, -0.2) is 62.1 Å². The Balaban J connectivity index is 1.64. The molecule has 3 aromatic heterocycles. The molecule has 1 fully saturated rings. The number of oxazole rings is 1. The van der Waals surface area contributed by atoms with Gasteiger partial charge in [-0.15, -0.1) is 0 Å². The summed E-state index contributed by atoms with van der Waals surface area (Å²) in [4.78, 5) is 56.4. The Morgan fingerprint density at radius 2 is 1.76 bits per heavy atom. The predicted molar refractivity (Wildman–Crippen MR) is 192 cm³/mol. The number of carbonyl (C=O) groups excluding carboxylic acids is 1. The standard InChI is InChI=1S/C37H39ClN6O5/c1-9-26(45)42-14-22-15-48-35-32(43(22)13-20(42)7)23-12-24(38)28(27-19(6)10-11-25-34(27)49-37(47)41-25)21(8)31(23)44(36(35)46)33-29(17(2)3)39-16-40-30(33)18(4)5/h9-12,16-18,20,22H,1,13-15H2,2-8H3,(H,41,47). The van der Waals surface area contributed by atoms with E-state index < -0.39 is 5.76 Å². The van der Waals surface area contributed by atoms with Gasteiger partial charge in [-0.25, -0.2) is 14.8 Å². The molecular weight excluding hydrogens is 644 g/mol. The number of aryl methyl sites for hydroxylation is 2. The molecule has 0 aliphatic carbocycles. The Bertz CT molecular complexity index is 2290. The molecule has 2 aliphatic rings. The number of anilines is 1. The molecule has 1 amide bonds. The van der Waals surface area contributed by atoms with E-state index in [1.807, 2.05) is 60.6 Å². The zero-order valence-electron chi connectivity index (χ0n) is 28.7. The zero-order valence-corrected chi connectivity index (χ0v) is 29.4. The molecule has 12 heteroatoms. The van der Waals surface area contributed by atoms with Gasteiger partial charge in [-0.2, -0.15) is 0 Å². The summed E-state index contributed by atoms with van der Waals surface area (Å²) in [5, 5.41) is 1.14. The number of hydrogen-bond acceptors (Lipinski definition) is 8. The monoisotopic (exact) mass is 682 g/mol. The number of ether oxygens (including phenoxy) is 1. The molecule has 5 heterocycles. The highest BCUT2D eigenvalue weighted by atomic mass is 35.5. The van der Waals surface area contributed by atoms with Crippen LogP contribution in [0, 0.1) is 13.8 Å². The highest BCUT2D eigenvalue weighted by molar-refractivity contribution is 6.35. The minimum atomic E-state index is -0.571. The summed E-state index contributed by atoms with van der Waals surface area (Å²) in [5.41, 5.74) is 6.79. The molecule has 1 saturated heterocycles. The average Bonchev–Trinajstić information content (AvgIpc) is 3.45. The number of aromatic nitrogens is 4. The van der Waals surface area contributed by atoms with Gasteiger partial charge in [0.1, 0.15) is 12.9 Å². The van der Waals surface area contributed by atoms with Crippen LogP contribution in [0.25, 0.3) is 38.8 Å². The number of amides is 1. The minimum absolute atomic E-state index is 0.0349. The maximum absolute atomic E-state index is 15.1. The van der Waals surface area contributed by atoms with Gasteiger partial charge in [-0.1, -0.05) is 51.9 Å². The topological polar surface area (TPSA) is 127 Å². The second-order valence-electron chi connectivity index (χ2n) is 13.7. The number of hydrogen-bond donors (Lipinski definition) is 1. The highest BCUT2D eigenvalue weighted by Crippen LogP contribution is 2.47. The molecule has 254 valence electrons. The molecule has 7 rings (SSSR count). The van der Waals surface area contributed by atoms with Crippen LogP contribution in [0.15, 0.2) is 51.2 Å². The number of rotatable bonds is 5. The first-order chi connectivity index (χ1) is 23.3. The third-order valence-corrected chi connectivity index (χ3v) is 10.1. The van der Waals surface area contributed by atoms with Gasteiger partial charge < -0.3 is 19.0 Å². The number of nitrogens with one attached hydrogen (secondary N) is 1. The van der Waals surface area contributed by atoms with Crippen LogP contribution in [0.3, 0.4) is 0 Å². The first-order valence-corrected chi connectivity index (χ1v) is 16.9. The lowest BCUT2D eigenvalue weighted by atomic mass is 9.91. The van der Waals surface area contributed by atoms with Crippen LogP contribution in [-0.2, 0) is 4.79 Å². The predicted octanol–water partition coefficient (Wildman–Crippen LogP) is 6.38. The van der Waals surface area contributed by atoms with Gasteiger partial charge in [0, 0.05) is 40.7 Å². The fourth-order valence-corrected chi connectivity index (χ4v) is 7.91. The van der Waals surface area contributed by atoms with E-state index >= 15 is 4.79 Å². The quantitative estimate of drug-likeness (QED) is 0.212. The Morgan fingerprint density at radius 1 is 1.06 bits per heavy atom. The van der Waals surface area contributed by atoms with Crippen molar-refractivity contribution in [2.75, 3.05) is 24.6 Å². The summed E-state index contributed by atoms with van der Waals surface area (Å²) < 4.78 is 13.8. The van der Waals surface area contributed by atoms with E-state index in [4.69, 9.17) is 30.7 Å². The third kappa shape index (κ3) is 4.96. The maximum atomic E-state index is 15.1. The largest absolute Gasteiger partial charge is 0.484 e. The molecule has 49 heavy (non-hydrogen) atoms. The minimum Gasteiger partial charge on any atom is -0.484 e. The van der Waals surface area contributed by atoms with Crippen LogP contribution in [0.2, 0.25) is 5.02 Å². The van der Waals surface area contributed by atoms with Gasteiger partial charge >= 0.3 is 5.76 Å². The second-order valence-corrected chi connectivity index (χ2v) is 14.1. The van der Waals surface area contributed by atoms with E-state index in [1.165, 1.54) is 6.08 Å². The Kier molecular flexibility index (Phi) is 7.93. The van der Waals surface area contributed by atoms with Crippen molar-refractivity contribution in [3.63, 3.8) is 0 Å². The van der Waals surface area contributed by atoms with Gasteiger partial charge in [0.15, 0.2) is 5.58 Å². The van der Waals surface area contributed by atoms with Crippen molar-refractivity contribution >= 4 is 45.2 Å². The van der Waals surface area contributed by atoms with E-state index in [1.54, 1.807) is 21.9 Å². The highest BCUT2D eigenvalue weighted by Gasteiger charge is 2.41. The van der Waals surface area contributed by atoms with Crippen molar-refractivity contribution in [1.82, 2.24) is 24.4 Å². The zero-order chi connectivity index (χ0) is 35.0. The molecule has 2 aromatic carbocycles. The molecular formula is C37H39ClN6O5. The van der Waals surface area contributed by atoms with Crippen molar-refractivity contribution in [3.8, 4) is 22.6 Å². The molecule has 2 unspecified atom stereocenters. The van der Waals surface area contributed by atoms with E-state index in [2.05, 4.69) is 16.5 Å². The molecule has 1 N–H and O–H groups in total. The van der Waals surface area contributed by atoms with Crippen LogP contribution < -0.4 is 21.0 Å². The first-order valence-electron chi connectivity index (χ1n) is 16.6. The molecule has 11 nitrogen and oxygen atoms in total. The molecule has 2 aliphatic heterocycles. The fourth-order valence-electron chi connectivity index (χ4n) is 7.56. The summed E-state index contributed by atoms with van der Waals surface area (Å²) in [7, 11) is 0. The van der Waals surface area contributed by atoms with E-state index in [9.17, 15) is 9.59 Å². The van der Waals surface area contributed by atoms with Gasteiger partial charge in [-0.05, 0) is 61.9 Å². The molecule has 0 saturated carbocycles. The number of halogens is 1. The van der Waals surface area contributed by atoms with Gasteiger partial charge in [-0.3, -0.25) is 19.1 Å². The Morgan fingerprint density at radius 3 is 2.41 bits per heavy atom. The van der Waals surface area contributed by atoms with Crippen LogP contribution in [0.1, 0.15) is 69.0 Å². The average molecular weight is 683 g/mol. The first kappa shape index (κ1) is 32.6. The smallest absolute Gasteiger partial charge is 0.417 e. The lowest BCUT2D eigenvalue weighted by Crippen LogP contribution is -2.62. The van der Waals surface area contributed by atoms with E-state index in [-0.39, 0.29) is 47.7 Å². The lowest BCUT2D eigenvalue weighted by molar-refractivity contribution is -0.129. The number of piperazine rings is 1. The molecule has 0 bridgehead atoms. The van der Waals surface area contributed by atoms with E-state index in [0.717, 1.165) is 22.3 Å². The SMILES string of the molecule is C=CC(=O)N1CC2COc3c(c4cc(Cl)c(-c5c(C)ccc6[nH]c(=O)oc56)c(C)c4n(-c4c(C(C)C)ncnc4C(C)C)c3=O)N2CC1C. The lowest BCUT2D eigenvalue weighted by Gasteiger charge is -2.48. The summed E-state index contributed by atoms with van der Waals surface area (Å²) >= 11 is 7.29. The molecule has 5 aromatic rings. The molecule has 0 radical (unpaired) electrons. The number of nitrogens with zero attached hydrogens (tertiary/aromatic N) is 5. The normalized spacial score (nSPS) is 17.5. The van der Waals surface area contributed by atoms with Crippen molar-refractivity contribution in [3.05, 3.63) is 85.6 Å². The third-order valence-electron chi connectivity index (χ3n) is 9.84. The van der Waals surface area contributed by atoms with Crippen molar-refractivity contribution in [2.24, 2.45) is 0 Å². The second kappa shape index (κ2) is 11.9. The number of benzene rings is 2.